The minimum Gasteiger partial charge on any atom is -0.494 e. The number of carbonyl (C=O) groups is 11. The number of Topliss-reactive ketones (excluding diaryl/α,β-unsaturated/α-hetero) is 4. The number of ketones is 4. The molecule has 7 amide bonds. The van der Waals surface area contributed by atoms with Crippen LogP contribution in [0.2, 0.25) is 0 Å². The van der Waals surface area contributed by atoms with Gasteiger partial charge in [-0.2, -0.15) is 0 Å². The van der Waals surface area contributed by atoms with Crippen LogP contribution in [0.15, 0.2) is 72.8 Å². The number of amides is 7. The fourth-order valence-electron chi connectivity index (χ4n) is 9.18. The number of nitrogens with one attached hydrogen (secondary N) is 7. The highest BCUT2D eigenvalue weighted by molar-refractivity contribution is 5.89. The van der Waals surface area contributed by atoms with Gasteiger partial charge in [-0.3, -0.25) is 52.7 Å². The van der Waals surface area contributed by atoms with Gasteiger partial charge in [0, 0.05) is 127 Å². The Morgan fingerprint density at radius 1 is 0.362 bits per heavy atom. The molecule has 3 aromatic rings. The quantitative estimate of drug-likeness (QED) is 0.0265. The van der Waals surface area contributed by atoms with Crippen molar-refractivity contribution in [2.75, 3.05) is 96.3 Å². The van der Waals surface area contributed by atoms with Crippen molar-refractivity contribution in [3.63, 3.8) is 0 Å². The van der Waals surface area contributed by atoms with Crippen molar-refractivity contribution in [1.82, 2.24) is 26.6 Å². The van der Waals surface area contributed by atoms with E-state index in [4.69, 9.17) is 28.4 Å². The Morgan fingerprint density at radius 2 is 0.723 bits per heavy atom. The molecule has 0 aromatic heterocycles. The van der Waals surface area contributed by atoms with E-state index in [0.29, 0.717) is 139 Å². The molecule has 0 heterocycles. The molecule has 0 saturated heterocycles. The molecule has 0 aliphatic rings. The number of carbonyl (C=O) groups excluding carboxylic acids is 11. The predicted molar refractivity (Wildman–Crippen MR) is 356 cm³/mol. The Kier molecular flexibility index (Phi) is 40.0. The van der Waals surface area contributed by atoms with Crippen LogP contribution in [0.4, 0.5) is 11.4 Å². The molecule has 0 spiro atoms. The van der Waals surface area contributed by atoms with Crippen LogP contribution >= 0.6 is 0 Å². The fourth-order valence-corrected chi connectivity index (χ4v) is 9.18. The molecule has 0 saturated carbocycles. The van der Waals surface area contributed by atoms with Gasteiger partial charge in [0.15, 0.2) is 0 Å². The van der Waals surface area contributed by atoms with E-state index >= 15 is 0 Å². The number of rotatable bonds is 53. The monoisotopic (exact) mass is 1310 g/mol. The maximum atomic E-state index is 13.7. The Labute approximate surface area is 554 Å². The smallest absolute Gasteiger partial charge is 0.222 e. The van der Waals surface area contributed by atoms with Crippen molar-refractivity contribution in [3.05, 3.63) is 78.4 Å². The normalized spacial score (nSPS) is 11.2. The van der Waals surface area contributed by atoms with Crippen LogP contribution in [0.5, 0.6) is 17.2 Å². The van der Waals surface area contributed by atoms with E-state index in [0.717, 1.165) is 5.56 Å². The van der Waals surface area contributed by atoms with E-state index in [-0.39, 0.29) is 163 Å². The number of benzene rings is 3. The van der Waals surface area contributed by atoms with Crippen LogP contribution < -0.4 is 51.4 Å². The minimum absolute atomic E-state index is 0.000367. The summed E-state index contributed by atoms with van der Waals surface area (Å²) in [6.45, 7) is 11.5. The van der Waals surface area contributed by atoms with E-state index in [1.807, 2.05) is 45.0 Å². The Hall–Kier alpha value is -8.09. The van der Waals surface area contributed by atoms with Crippen molar-refractivity contribution in [2.45, 2.75) is 175 Å². The number of hydrogen-bond acceptors (Lipinski definition) is 17. The first-order valence-electron chi connectivity index (χ1n) is 32.9. The average Bonchev–Trinajstić information content (AvgIpc) is 0.953. The highest BCUT2D eigenvalue weighted by Crippen LogP contribution is 2.21. The van der Waals surface area contributed by atoms with Gasteiger partial charge in [-0.05, 0) is 125 Å². The number of hydrogen-bond donors (Lipinski definition) is 7. The molecule has 94 heavy (non-hydrogen) atoms. The standard InChI is InChI=1S/C70H103N7O17/c1-52(78)48-55-23-29-60(30-24-55)92-42-11-18-58(81)16-8-7-9-17-59(82)35-45-89-49-70(77-68(88)20-10-19-63(83)69(4,5)6,50-90-46-36-66(86)73-40-14-38-71-64(84)21-12-43-93-61-31-25-56(26-32-61)75-53(2)79)51-91-47-37-67(87)74-41-15-39-72-65(85)22-13-44-94-62-33-27-57(28-34-62)76-54(3)80/h23-34H,7-22,35-51H2,1-6H3,(H,71,84)(H,72,85)(H,73,86)(H,74,87)(H,75,79)(H,76,80)(H,77,88). The van der Waals surface area contributed by atoms with Gasteiger partial charge in [0.2, 0.25) is 41.4 Å². The summed E-state index contributed by atoms with van der Waals surface area (Å²) in [6.07, 6.45) is 6.80. The lowest BCUT2D eigenvalue weighted by atomic mass is 9.88. The third-order valence-corrected chi connectivity index (χ3v) is 14.3. The molecule has 24 nitrogen and oxygen atoms in total. The van der Waals surface area contributed by atoms with Gasteiger partial charge in [-0.15, -0.1) is 0 Å². The van der Waals surface area contributed by atoms with Crippen molar-refractivity contribution in [2.24, 2.45) is 5.41 Å². The molecule has 520 valence electrons. The Balaban J connectivity index is 1.50. The Morgan fingerprint density at radius 3 is 1.13 bits per heavy atom. The van der Waals surface area contributed by atoms with Gasteiger partial charge in [-0.1, -0.05) is 39.3 Å². The highest BCUT2D eigenvalue weighted by Gasteiger charge is 2.34. The van der Waals surface area contributed by atoms with E-state index in [2.05, 4.69) is 37.2 Å². The largest absolute Gasteiger partial charge is 0.494 e. The van der Waals surface area contributed by atoms with E-state index in [1.165, 1.54) is 13.8 Å². The van der Waals surface area contributed by atoms with Gasteiger partial charge in [0.05, 0.1) is 59.5 Å². The minimum atomic E-state index is -1.36. The van der Waals surface area contributed by atoms with Crippen LogP contribution in [-0.2, 0) is 73.4 Å². The van der Waals surface area contributed by atoms with Crippen molar-refractivity contribution in [1.29, 1.82) is 0 Å². The summed E-state index contributed by atoms with van der Waals surface area (Å²) in [4.78, 5) is 137. The summed E-state index contributed by atoms with van der Waals surface area (Å²) >= 11 is 0. The lowest BCUT2D eigenvalue weighted by Gasteiger charge is -2.34. The van der Waals surface area contributed by atoms with Crippen molar-refractivity contribution in [3.8, 4) is 17.2 Å². The van der Waals surface area contributed by atoms with Crippen LogP contribution in [0.3, 0.4) is 0 Å². The topological polar surface area (TPSA) is 327 Å². The van der Waals surface area contributed by atoms with Crippen LogP contribution in [0, 0.1) is 5.41 Å². The molecule has 0 atom stereocenters. The summed E-state index contributed by atoms with van der Waals surface area (Å²) in [5.41, 5.74) is 0.268. The van der Waals surface area contributed by atoms with Gasteiger partial charge in [0.1, 0.15) is 45.9 Å². The molecule has 0 aliphatic heterocycles. The number of unbranched alkanes of at least 4 members (excludes halogenated alkanes) is 2. The molecule has 3 aromatic carbocycles. The maximum absolute atomic E-state index is 13.7. The fraction of sp³-hybridized carbons (Fsp3) is 0.586. The first-order chi connectivity index (χ1) is 45.0. The van der Waals surface area contributed by atoms with E-state index < -0.39 is 16.9 Å². The van der Waals surface area contributed by atoms with Gasteiger partial charge >= 0.3 is 0 Å². The summed E-state index contributed by atoms with van der Waals surface area (Å²) < 4.78 is 35.4. The molecule has 0 radical (unpaired) electrons. The second-order valence-electron chi connectivity index (χ2n) is 24.3. The second-order valence-corrected chi connectivity index (χ2v) is 24.3. The molecular weight excluding hydrogens is 1210 g/mol. The zero-order chi connectivity index (χ0) is 68.8. The second kappa shape index (κ2) is 46.9. The van der Waals surface area contributed by atoms with Crippen LogP contribution in [0.25, 0.3) is 0 Å². The first-order valence-corrected chi connectivity index (χ1v) is 32.9. The van der Waals surface area contributed by atoms with Gasteiger partial charge < -0.3 is 65.6 Å². The molecular formula is C70H103N7O17. The SMILES string of the molecule is CC(=O)Cc1ccc(OCCCC(=O)CCCCCC(=O)CCOCC(COCCC(=O)NCCCNC(=O)CCCOc2ccc(NC(C)=O)cc2)(COCCC(=O)NCCCNC(=O)CCCOc2ccc(NC(C)=O)cc2)NC(=O)CCCC(=O)C(C)(C)C)cc1. The van der Waals surface area contributed by atoms with E-state index in [1.54, 1.807) is 55.5 Å². The predicted octanol–water partition coefficient (Wildman–Crippen LogP) is 7.81. The van der Waals surface area contributed by atoms with Crippen molar-refractivity contribution >= 4 is 75.9 Å². The summed E-state index contributed by atoms with van der Waals surface area (Å²) in [5, 5.41) is 19.7. The van der Waals surface area contributed by atoms with Gasteiger partial charge in [0.25, 0.3) is 0 Å². The molecule has 7 N–H and O–H groups in total. The molecule has 0 bridgehead atoms. The maximum Gasteiger partial charge on any atom is 0.222 e. The molecule has 0 fully saturated rings. The van der Waals surface area contributed by atoms with E-state index in [9.17, 15) is 52.7 Å². The average molecular weight is 1310 g/mol. The lowest BCUT2D eigenvalue weighted by Crippen LogP contribution is -2.58. The number of ether oxygens (including phenoxy) is 6. The third kappa shape index (κ3) is 40.1. The zero-order valence-electron chi connectivity index (χ0n) is 56.2. The summed E-state index contributed by atoms with van der Waals surface area (Å²) in [5.74, 6) is 0.385. The van der Waals surface area contributed by atoms with Gasteiger partial charge in [-0.25, -0.2) is 0 Å². The van der Waals surface area contributed by atoms with Crippen molar-refractivity contribution < 1.29 is 81.2 Å². The first kappa shape index (κ1) is 80.1. The highest BCUT2D eigenvalue weighted by atomic mass is 16.5. The molecule has 0 unspecified atom stereocenters. The lowest BCUT2D eigenvalue weighted by molar-refractivity contribution is -0.131. The number of anilines is 2. The zero-order valence-corrected chi connectivity index (χ0v) is 56.2. The summed E-state index contributed by atoms with van der Waals surface area (Å²) in [7, 11) is 0. The third-order valence-electron chi connectivity index (χ3n) is 14.3. The molecule has 3 rings (SSSR count). The van der Waals surface area contributed by atoms with Crippen LogP contribution in [-0.4, -0.2) is 156 Å². The Bertz CT molecular complexity index is 2540. The van der Waals surface area contributed by atoms with Crippen LogP contribution in [0.1, 0.15) is 169 Å². The molecule has 0 aliphatic carbocycles. The summed E-state index contributed by atoms with van der Waals surface area (Å²) in [6, 6.07) is 21.2. The molecule has 24 heteroatoms.